The number of benzene rings is 1. The molecule has 4 heteroatoms. The number of hydrogen-bond acceptors (Lipinski definition) is 2. The van der Waals surface area contributed by atoms with E-state index in [0.717, 1.165) is 36.1 Å². The first-order valence-corrected chi connectivity index (χ1v) is 7.00. The molecule has 1 fully saturated rings. The van der Waals surface area contributed by atoms with Crippen molar-refractivity contribution < 1.29 is 4.39 Å². The molecule has 102 valence electrons. The van der Waals surface area contributed by atoms with Crippen LogP contribution < -0.4 is 10.9 Å². The Morgan fingerprint density at radius 2 is 2.00 bits per heavy atom. The van der Waals surface area contributed by atoms with Gasteiger partial charge in [0.2, 0.25) is 0 Å². The van der Waals surface area contributed by atoms with Crippen molar-refractivity contribution in [3.05, 3.63) is 57.8 Å². The van der Waals surface area contributed by atoms with Crippen LogP contribution in [0.3, 0.4) is 0 Å². The predicted molar refractivity (Wildman–Crippen MR) is 76.1 cm³/mol. The molecule has 1 aromatic heterocycles. The van der Waals surface area contributed by atoms with E-state index >= 15 is 0 Å². The minimum absolute atomic E-state index is 0.0389. The van der Waals surface area contributed by atoms with Crippen LogP contribution in [0.2, 0.25) is 0 Å². The molecule has 0 saturated heterocycles. The minimum Gasteiger partial charge on any atom is -0.354 e. The number of halogens is 1. The number of pyridine rings is 1. The second kappa shape index (κ2) is 4.20. The van der Waals surface area contributed by atoms with Crippen LogP contribution in [0.4, 0.5) is 15.8 Å². The van der Waals surface area contributed by atoms with Gasteiger partial charge in [0.25, 0.3) is 5.56 Å². The third-order valence-electron chi connectivity index (χ3n) is 4.53. The highest BCUT2D eigenvalue weighted by Gasteiger charge is 2.40. The van der Waals surface area contributed by atoms with Gasteiger partial charge in [-0.2, -0.15) is 0 Å². The van der Waals surface area contributed by atoms with Crippen molar-refractivity contribution in [2.45, 2.75) is 31.1 Å². The Morgan fingerprint density at radius 1 is 1.20 bits per heavy atom. The van der Waals surface area contributed by atoms with E-state index in [1.807, 2.05) is 6.07 Å². The molecule has 3 nitrogen and oxygen atoms in total. The third kappa shape index (κ3) is 1.68. The van der Waals surface area contributed by atoms with Crippen LogP contribution in [-0.4, -0.2) is 4.98 Å². The molecule has 2 aliphatic rings. The predicted octanol–water partition coefficient (Wildman–Crippen LogP) is 3.62. The molecule has 2 bridgehead atoms. The number of aromatic amines is 1. The summed E-state index contributed by atoms with van der Waals surface area (Å²) >= 11 is 0. The van der Waals surface area contributed by atoms with Crippen LogP contribution in [0.15, 0.2) is 35.3 Å². The quantitative estimate of drug-likeness (QED) is 0.875. The van der Waals surface area contributed by atoms with Crippen molar-refractivity contribution in [1.82, 2.24) is 4.98 Å². The molecule has 0 radical (unpaired) electrons. The molecule has 4 rings (SSSR count). The molecule has 0 spiro atoms. The number of fused-ring (bicyclic) bond motifs is 5. The summed E-state index contributed by atoms with van der Waals surface area (Å²) in [6, 6.07) is 6.39. The number of H-pyrrole nitrogens is 1. The fourth-order valence-corrected chi connectivity index (χ4v) is 3.74. The molecular formula is C16H15FN2O. The zero-order valence-electron chi connectivity index (χ0n) is 10.9. The lowest BCUT2D eigenvalue weighted by Crippen LogP contribution is -2.17. The van der Waals surface area contributed by atoms with E-state index in [0.29, 0.717) is 17.5 Å². The van der Waals surface area contributed by atoms with Crippen LogP contribution in [0, 0.1) is 5.82 Å². The van der Waals surface area contributed by atoms with Gasteiger partial charge in [-0.15, -0.1) is 0 Å². The third-order valence-corrected chi connectivity index (χ3v) is 4.53. The lowest BCUT2D eigenvalue weighted by Gasteiger charge is -2.19. The molecule has 0 aliphatic heterocycles. The van der Waals surface area contributed by atoms with E-state index in [2.05, 4.69) is 10.3 Å². The van der Waals surface area contributed by atoms with Gasteiger partial charge in [-0.25, -0.2) is 4.39 Å². The molecule has 2 atom stereocenters. The monoisotopic (exact) mass is 270 g/mol. The number of hydrogen-bond donors (Lipinski definition) is 2. The summed E-state index contributed by atoms with van der Waals surface area (Å²) < 4.78 is 13.3. The molecule has 1 saturated carbocycles. The average Bonchev–Trinajstić information content (AvgIpc) is 3.03. The molecule has 2 unspecified atom stereocenters. The summed E-state index contributed by atoms with van der Waals surface area (Å²) in [5.74, 6) is 0.624. The highest BCUT2D eigenvalue weighted by Crippen LogP contribution is 2.53. The Balaban J connectivity index is 1.79. The number of rotatable bonds is 2. The zero-order chi connectivity index (χ0) is 13.7. The average molecular weight is 270 g/mol. The van der Waals surface area contributed by atoms with E-state index in [-0.39, 0.29) is 11.4 Å². The topological polar surface area (TPSA) is 44.9 Å². The van der Waals surface area contributed by atoms with E-state index in [9.17, 15) is 9.18 Å². The molecule has 2 N–H and O–H groups in total. The summed E-state index contributed by atoms with van der Waals surface area (Å²) in [5, 5.41) is 3.25. The normalized spacial score (nSPS) is 22.9. The lowest BCUT2D eigenvalue weighted by atomic mass is 9.92. The first kappa shape index (κ1) is 11.7. The first-order chi connectivity index (χ1) is 9.72. The van der Waals surface area contributed by atoms with E-state index < -0.39 is 0 Å². The van der Waals surface area contributed by atoms with Gasteiger partial charge in [0.15, 0.2) is 0 Å². The fraction of sp³-hybridized carbons (Fsp3) is 0.312. The number of nitrogens with one attached hydrogen (secondary N) is 2. The molecule has 0 amide bonds. The second-order valence-electron chi connectivity index (χ2n) is 5.70. The van der Waals surface area contributed by atoms with Crippen molar-refractivity contribution >= 4 is 11.4 Å². The Kier molecular flexibility index (Phi) is 2.46. The molecular weight excluding hydrogens is 255 g/mol. The van der Waals surface area contributed by atoms with Gasteiger partial charge in [-0.05, 0) is 54.9 Å². The first-order valence-electron chi connectivity index (χ1n) is 7.00. The van der Waals surface area contributed by atoms with Crippen molar-refractivity contribution in [3.63, 3.8) is 0 Å². The molecule has 1 aromatic carbocycles. The smallest absolute Gasteiger partial charge is 0.251 e. The van der Waals surface area contributed by atoms with E-state index in [1.54, 1.807) is 12.3 Å². The Morgan fingerprint density at radius 3 is 2.80 bits per heavy atom. The molecule has 2 aliphatic carbocycles. The van der Waals surface area contributed by atoms with Crippen LogP contribution in [0.5, 0.6) is 0 Å². The highest BCUT2D eigenvalue weighted by atomic mass is 19.1. The van der Waals surface area contributed by atoms with Crippen LogP contribution in [0.25, 0.3) is 0 Å². The standard InChI is InChI=1S/C16H15FN2O/c17-11-2-1-3-12(7-11)19-13-8-18-16(20)15-10-5-4-9(6-10)14(13)15/h1-3,7-10,19H,4-6H2,(H,18,20). The van der Waals surface area contributed by atoms with Crippen LogP contribution in [-0.2, 0) is 0 Å². The van der Waals surface area contributed by atoms with Gasteiger partial charge < -0.3 is 10.3 Å². The summed E-state index contributed by atoms with van der Waals surface area (Å²) in [6.45, 7) is 0. The summed E-state index contributed by atoms with van der Waals surface area (Å²) in [5.41, 5.74) is 3.76. The van der Waals surface area contributed by atoms with Gasteiger partial charge in [0.05, 0.1) is 5.69 Å². The molecule has 1 heterocycles. The molecule has 2 aromatic rings. The largest absolute Gasteiger partial charge is 0.354 e. The van der Waals surface area contributed by atoms with Gasteiger partial charge in [0.1, 0.15) is 5.82 Å². The Bertz CT molecular complexity index is 737. The zero-order valence-corrected chi connectivity index (χ0v) is 10.9. The highest BCUT2D eigenvalue weighted by molar-refractivity contribution is 5.66. The number of anilines is 2. The van der Waals surface area contributed by atoms with Crippen molar-refractivity contribution in [2.24, 2.45) is 0 Å². The van der Waals surface area contributed by atoms with Crippen molar-refractivity contribution in [2.75, 3.05) is 5.32 Å². The maximum absolute atomic E-state index is 13.3. The maximum atomic E-state index is 13.3. The van der Waals surface area contributed by atoms with Gasteiger partial charge in [-0.1, -0.05) is 6.07 Å². The minimum atomic E-state index is -0.266. The molecule has 20 heavy (non-hydrogen) atoms. The fourth-order valence-electron chi connectivity index (χ4n) is 3.74. The Hall–Kier alpha value is -2.10. The number of aromatic nitrogens is 1. The second-order valence-corrected chi connectivity index (χ2v) is 5.70. The van der Waals surface area contributed by atoms with Crippen molar-refractivity contribution in [3.8, 4) is 0 Å². The summed E-state index contributed by atoms with van der Waals surface area (Å²) in [7, 11) is 0. The van der Waals surface area contributed by atoms with Gasteiger partial charge in [0, 0.05) is 17.4 Å². The van der Waals surface area contributed by atoms with Crippen LogP contribution in [0.1, 0.15) is 42.2 Å². The van der Waals surface area contributed by atoms with Gasteiger partial charge >= 0.3 is 0 Å². The van der Waals surface area contributed by atoms with E-state index in [1.165, 1.54) is 12.1 Å². The SMILES string of the molecule is O=c1[nH]cc(Nc2cccc(F)c2)c2c1C1CCC2C1. The summed E-state index contributed by atoms with van der Waals surface area (Å²) in [6.07, 6.45) is 5.07. The van der Waals surface area contributed by atoms with Crippen LogP contribution >= 0.6 is 0 Å². The Labute approximate surface area is 115 Å². The van der Waals surface area contributed by atoms with Gasteiger partial charge in [-0.3, -0.25) is 4.79 Å². The summed E-state index contributed by atoms with van der Waals surface area (Å²) in [4.78, 5) is 14.8. The maximum Gasteiger partial charge on any atom is 0.251 e. The lowest BCUT2D eigenvalue weighted by molar-refractivity contribution is 0.628. The van der Waals surface area contributed by atoms with E-state index in [4.69, 9.17) is 0 Å². The van der Waals surface area contributed by atoms with Crippen molar-refractivity contribution in [1.29, 1.82) is 0 Å².